The summed E-state index contributed by atoms with van der Waals surface area (Å²) in [5, 5.41) is 9.40. The molecule has 2 heterocycles. The van der Waals surface area contributed by atoms with Crippen LogP contribution in [0.3, 0.4) is 0 Å². The Hall–Kier alpha value is -0.890. The Kier molecular flexibility index (Phi) is 3.94. The van der Waals surface area contributed by atoms with Gasteiger partial charge in [0.1, 0.15) is 0 Å². The first-order valence-electron chi connectivity index (χ1n) is 4.91. The lowest BCUT2D eigenvalue weighted by molar-refractivity contribution is 0.0944. The van der Waals surface area contributed by atoms with Gasteiger partial charge in [0.05, 0.1) is 0 Å². The third-order valence-electron chi connectivity index (χ3n) is 2.09. The van der Waals surface area contributed by atoms with Gasteiger partial charge in [0.15, 0.2) is 0 Å². The number of aromatic nitrogens is 3. The van der Waals surface area contributed by atoms with E-state index >= 15 is 0 Å². The third kappa shape index (κ3) is 3.05. The number of carbonyl (C=O) groups excluding carboxylic acids is 1. The fourth-order valence-electron chi connectivity index (χ4n) is 1.32. The van der Waals surface area contributed by atoms with E-state index in [0.29, 0.717) is 11.8 Å². The number of nitrogens with two attached hydrogens (primary N) is 1. The van der Waals surface area contributed by atoms with Gasteiger partial charge >= 0.3 is 0 Å². The number of rotatable bonds is 3. The number of thioether (sulfide) groups is 2. The molecule has 2 rings (SSSR count). The zero-order valence-electron chi connectivity index (χ0n) is 8.60. The summed E-state index contributed by atoms with van der Waals surface area (Å²) in [5.74, 6) is 3.46. The molecular weight excluding hydrogens is 246 g/mol. The van der Waals surface area contributed by atoms with E-state index in [4.69, 9.17) is 5.73 Å². The Morgan fingerprint density at radius 2 is 2.50 bits per heavy atom. The second-order valence-corrected chi connectivity index (χ2v) is 5.88. The van der Waals surface area contributed by atoms with Crippen LogP contribution in [-0.2, 0) is 0 Å². The lowest BCUT2D eigenvalue weighted by atomic mass is 10.4. The summed E-state index contributed by atoms with van der Waals surface area (Å²) in [6, 6.07) is 0. The van der Waals surface area contributed by atoms with Gasteiger partial charge in [0.2, 0.25) is 11.8 Å². The summed E-state index contributed by atoms with van der Waals surface area (Å²) in [5.41, 5.74) is 5.31. The average Bonchev–Trinajstić information content (AvgIpc) is 2.74. The fourth-order valence-corrected chi connectivity index (χ4v) is 3.93. The van der Waals surface area contributed by atoms with Gasteiger partial charge in [-0.1, -0.05) is 0 Å². The van der Waals surface area contributed by atoms with Crippen molar-refractivity contribution in [2.24, 2.45) is 0 Å². The van der Waals surface area contributed by atoms with Crippen LogP contribution in [0.2, 0.25) is 0 Å². The van der Waals surface area contributed by atoms with Gasteiger partial charge in [0, 0.05) is 29.1 Å². The lowest BCUT2D eigenvalue weighted by Gasteiger charge is -2.20. The quantitative estimate of drug-likeness (QED) is 0.705. The summed E-state index contributed by atoms with van der Waals surface area (Å²) in [4.78, 5) is 15.3. The molecule has 0 saturated carbocycles. The molecule has 1 aromatic rings. The predicted octanol–water partition coefficient (Wildman–Crippen LogP) is -0.0347. The highest BCUT2D eigenvalue weighted by molar-refractivity contribution is 8.06. The lowest BCUT2D eigenvalue weighted by Crippen LogP contribution is -2.34. The monoisotopic (exact) mass is 259 g/mol. The Labute approximate surface area is 102 Å². The minimum absolute atomic E-state index is 0.0905. The van der Waals surface area contributed by atoms with Crippen LogP contribution in [0, 0.1) is 0 Å². The number of carbonyl (C=O) groups is 1. The molecule has 1 amide bonds. The van der Waals surface area contributed by atoms with E-state index in [2.05, 4.69) is 20.5 Å². The molecule has 0 spiro atoms. The number of hydrogen-bond acceptors (Lipinski definition) is 6. The molecule has 1 unspecified atom stereocenters. The van der Waals surface area contributed by atoms with Gasteiger partial charge in [-0.05, 0) is 0 Å². The summed E-state index contributed by atoms with van der Waals surface area (Å²) in [6.45, 7) is 0.664. The van der Waals surface area contributed by atoms with Gasteiger partial charge in [-0.3, -0.25) is 9.89 Å². The predicted molar refractivity (Wildman–Crippen MR) is 66.7 cm³/mol. The van der Waals surface area contributed by atoms with Crippen LogP contribution in [0.25, 0.3) is 0 Å². The number of anilines is 1. The van der Waals surface area contributed by atoms with Crippen LogP contribution in [0.5, 0.6) is 0 Å². The zero-order chi connectivity index (χ0) is 11.4. The fraction of sp³-hybridized carbons (Fsp3) is 0.625. The molecule has 0 aliphatic carbocycles. The van der Waals surface area contributed by atoms with Crippen molar-refractivity contribution in [3.05, 3.63) is 5.82 Å². The summed E-state index contributed by atoms with van der Waals surface area (Å²) < 4.78 is 0. The van der Waals surface area contributed by atoms with Crippen molar-refractivity contribution >= 4 is 35.4 Å². The van der Waals surface area contributed by atoms with E-state index in [9.17, 15) is 4.79 Å². The number of H-pyrrole nitrogens is 1. The highest BCUT2D eigenvalue weighted by atomic mass is 32.2. The molecule has 0 radical (unpaired) electrons. The second kappa shape index (κ2) is 5.44. The Morgan fingerprint density at radius 1 is 1.62 bits per heavy atom. The van der Waals surface area contributed by atoms with Crippen molar-refractivity contribution in [1.29, 1.82) is 0 Å². The van der Waals surface area contributed by atoms with Crippen molar-refractivity contribution in [3.63, 3.8) is 0 Å². The molecule has 8 heteroatoms. The largest absolute Gasteiger partial charge is 0.366 e. The molecule has 1 aliphatic heterocycles. The van der Waals surface area contributed by atoms with Crippen LogP contribution >= 0.6 is 23.5 Å². The first-order chi connectivity index (χ1) is 7.75. The van der Waals surface area contributed by atoms with Gasteiger partial charge in [-0.15, -0.1) is 5.10 Å². The van der Waals surface area contributed by atoms with Crippen molar-refractivity contribution in [3.8, 4) is 0 Å². The van der Waals surface area contributed by atoms with Crippen molar-refractivity contribution in [2.45, 2.75) is 5.25 Å². The topological polar surface area (TPSA) is 96.7 Å². The maximum absolute atomic E-state index is 11.6. The zero-order valence-corrected chi connectivity index (χ0v) is 10.2. The first kappa shape index (κ1) is 11.6. The number of nitrogens with one attached hydrogen (secondary N) is 2. The van der Waals surface area contributed by atoms with E-state index in [1.54, 1.807) is 0 Å². The molecule has 1 saturated heterocycles. The van der Waals surface area contributed by atoms with Crippen LogP contribution in [0.1, 0.15) is 10.6 Å². The molecule has 16 heavy (non-hydrogen) atoms. The number of nitrogens with zero attached hydrogens (tertiary/aromatic N) is 2. The van der Waals surface area contributed by atoms with Crippen LogP contribution < -0.4 is 11.1 Å². The minimum atomic E-state index is -0.250. The first-order valence-corrected chi connectivity index (χ1v) is 7.11. The summed E-state index contributed by atoms with van der Waals surface area (Å²) >= 11 is 3.83. The third-order valence-corrected chi connectivity index (χ3v) is 4.94. The van der Waals surface area contributed by atoms with Crippen LogP contribution in [0.4, 0.5) is 5.95 Å². The number of amides is 1. The number of nitrogen functional groups attached to an aromatic ring is 1. The van der Waals surface area contributed by atoms with Crippen molar-refractivity contribution in [1.82, 2.24) is 20.5 Å². The molecule has 1 atom stereocenters. The maximum atomic E-state index is 11.6. The molecule has 6 nitrogen and oxygen atoms in total. The normalized spacial score (nSPS) is 20.6. The van der Waals surface area contributed by atoms with E-state index in [-0.39, 0.29) is 17.7 Å². The standard InChI is InChI=1S/C8H13N5OS2/c9-8-11-6(12-13-8)7(14)10-3-5-4-15-1-2-16-5/h5H,1-4H2,(H,10,14)(H3,9,11,12,13). The molecule has 0 bridgehead atoms. The number of aromatic amines is 1. The van der Waals surface area contributed by atoms with Crippen LogP contribution in [-0.4, -0.2) is 50.1 Å². The van der Waals surface area contributed by atoms with Crippen molar-refractivity contribution < 1.29 is 4.79 Å². The molecule has 4 N–H and O–H groups in total. The van der Waals surface area contributed by atoms with E-state index < -0.39 is 0 Å². The Bertz CT molecular complexity index is 363. The Morgan fingerprint density at radius 3 is 3.12 bits per heavy atom. The smallest absolute Gasteiger partial charge is 0.288 e. The maximum Gasteiger partial charge on any atom is 0.288 e. The Balaban J connectivity index is 1.79. The number of hydrogen-bond donors (Lipinski definition) is 3. The molecule has 1 fully saturated rings. The van der Waals surface area contributed by atoms with Gasteiger partial charge in [-0.2, -0.15) is 28.5 Å². The van der Waals surface area contributed by atoms with Gasteiger partial charge in [0.25, 0.3) is 5.91 Å². The van der Waals surface area contributed by atoms with Gasteiger partial charge < -0.3 is 11.1 Å². The summed E-state index contributed by atoms with van der Waals surface area (Å²) in [7, 11) is 0. The molecule has 1 aliphatic rings. The van der Waals surface area contributed by atoms with Gasteiger partial charge in [-0.25, -0.2) is 0 Å². The minimum Gasteiger partial charge on any atom is -0.366 e. The molecule has 1 aromatic heterocycles. The molecular formula is C8H13N5OS2. The second-order valence-electron chi connectivity index (χ2n) is 3.32. The SMILES string of the molecule is Nc1n[nH]c(C(=O)NCC2CSCCS2)n1. The highest BCUT2D eigenvalue weighted by Gasteiger charge is 2.16. The molecule has 0 aromatic carbocycles. The van der Waals surface area contributed by atoms with E-state index in [1.807, 2.05) is 23.5 Å². The van der Waals surface area contributed by atoms with E-state index in [0.717, 1.165) is 11.5 Å². The molecule has 88 valence electrons. The van der Waals surface area contributed by atoms with Crippen molar-refractivity contribution in [2.75, 3.05) is 29.5 Å². The summed E-state index contributed by atoms with van der Waals surface area (Å²) in [6.07, 6.45) is 0. The van der Waals surface area contributed by atoms with E-state index in [1.165, 1.54) is 5.75 Å². The highest BCUT2D eigenvalue weighted by Crippen LogP contribution is 2.23. The average molecular weight is 259 g/mol. The van der Waals surface area contributed by atoms with Crippen LogP contribution in [0.15, 0.2) is 0 Å².